The van der Waals surface area contributed by atoms with Crippen molar-refractivity contribution in [3.05, 3.63) is 22.5 Å². The number of hydrogen-bond acceptors (Lipinski definition) is 2. The van der Waals surface area contributed by atoms with Gasteiger partial charge < -0.3 is 5.32 Å². The summed E-state index contributed by atoms with van der Waals surface area (Å²) in [6.45, 7) is 10.2. The third-order valence-corrected chi connectivity index (χ3v) is 2.89. The minimum Gasteiger partial charge on any atom is -0.313 e. The van der Waals surface area contributed by atoms with Crippen LogP contribution in [0, 0.1) is 0 Å². The average molecular weight is 185 g/mol. The molecule has 1 atom stereocenters. The highest BCUT2D eigenvalue weighted by molar-refractivity contribution is 8.05. The van der Waals surface area contributed by atoms with Crippen LogP contribution < -0.4 is 5.32 Å². The largest absolute Gasteiger partial charge is 0.313 e. The summed E-state index contributed by atoms with van der Waals surface area (Å²) >= 11 is 1.72. The molecule has 0 aromatic carbocycles. The standard InChI is InChI=1S/C10H19NS/c1-6-9(11-5)10(8(3)4)12-7-2/h7,9,11H,2,6H2,1,3-5H3. The molecule has 1 N–H and O–H groups in total. The molecule has 0 amide bonds. The third-order valence-electron chi connectivity index (χ3n) is 1.78. The van der Waals surface area contributed by atoms with Crippen LogP contribution in [0.25, 0.3) is 0 Å². The third kappa shape index (κ3) is 3.46. The average Bonchev–Trinajstić information content (AvgIpc) is 2.05. The molecular weight excluding hydrogens is 166 g/mol. The Morgan fingerprint density at radius 1 is 1.58 bits per heavy atom. The number of thioether (sulfide) groups is 1. The van der Waals surface area contributed by atoms with E-state index in [4.69, 9.17) is 0 Å². The zero-order valence-corrected chi connectivity index (χ0v) is 9.29. The van der Waals surface area contributed by atoms with E-state index in [0.717, 1.165) is 6.42 Å². The molecule has 0 saturated carbocycles. The molecule has 0 fully saturated rings. The van der Waals surface area contributed by atoms with Crippen molar-refractivity contribution in [3.8, 4) is 0 Å². The monoisotopic (exact) mass is 185 g/mol. The minimum atomic E-state index is 0.484. The van der Waals surface area contributed by atoms with Crippen molar-refractivity contribution in [1.29, 1.82) is 0 Å². The summed E-state index contributed by atoms with van der Waals surface area (Å²) < 4.78 is 0. The minimum absolute atomic E-state index is 0.484. The van der Waals surface area contributed by atoms with Gasteiger partial charge in [0.15, 0.2) is 0 Å². The van der Waals surface area contributed by atoms with Crippen LogP contribution in [0.15, 0.2) is 22.5 Å². The van der Waals surface area contributed by atoms with E-state index in [2.05, 4.69) is 32.7 Å². The van der Waals surface area contributed by atoms with Crippen molar-refractivity contribution in [2.24, 2.45) is 0 Å². The number of likely N-dealkylation sites (N-methyl/N-ethyl adjacent to an activating group) is 1. The lowest BCUT2D eigenvalue weighted by molar-refractivity contribution is 0.636. The quantitative estimate of drug-likeness (QED) is 0.706. The molecule has 0 aromatic heterocycles. The summed E-state index contributed by atoms with van der Waals surface area (Å²) in [5.74, 6) is 0. The Bertz CT molecular complexity index is 165. The summed E-state index contributed by atoms with van der Waals surface area (Å²) in [5.41, 5.74) is 1.38. The Kier molecular flexibility index (Phi) is 6.21. The maximum absolute atomic E-state index is 3.73. The van der Waals surface area contributed by atoms with Gasteiger partial charge in [-0.25, -0.2) is 0 Å². The Morgan fingerprint density at radius 2 is 2.17 bits per heavy atom. The first-order valence-electron chi connectivity index (χ1n) is 4.29. The van der Waals surface area contributed by atoms with Crippen LogP contribution in [0.1, 0.15) is 27.2 Å². The van der Waals surface area contributed by atoms with Crippen LogP contribution >= 0.6 is 11.8 Å². The van der Waals surface area contributed by atoms with Crippen molar-refractivity contribution in [1.82, 2.24) is 5.32 Å². The first-order chi connectivity index (χ1) is 5.67. The number of hydrogen-bond donors (Lipinski definition) is 1. The predicted molar refractivity (Wildman–Crippen MR) is 59.3 cm³/mol. The molecule has 0 aliphatic rings. The zero-order valence-electron chi connectivity index (χ0n) is 8.48. The molecule has 0 radical (unpaired) electrons. The second-order valence-electron chi connectivity index (χ2n) is 2.90. The van der Waals surface area contributed by atoms with Gasteiger partial charge in [0.05, 0.1) is 0 Å². The van der Waals surface area contributed by atoms with Crippen molar-refractivity contribution in [3.63, 3.8) is 0 Å². The fourth-order valence-corrected chi connectivity index (χ4v) is 2.02. The Hall–Kier alpha value is -0.210. The highest BCUT2D eigenvalue weighted by Crippen LogP contribution is 2.25. The summed E-state index contributed by atoms with van der Waals surface area (Å²) in [4.78, 5) is 1.40. The molecule has 70 valence electrons. The smallest absolute Gasteiger partial charge is 0.0377 e. The summed E-state index contributed by atoms with van der Waals surface area (Å²) in [6.07, 6.45) is 1.12. The maximum atomic E-state index is 3.73. The maximum Gasteiger partial charge on any atom is 0.0377 e. The topological polar surface area (TPSA) is 12.0 Å². The Morgan fingerprint density at radius 3 is 2.42 bits per heavy atom. The van der Waals surface area contributed by atoms with E-state index in [0.29, 0.717) is 6.04 Å². The van der Waals surface area contributed by atoms with Gasteiger partial charge in [-0.1, -0.05) is 19.1 Å². The summed E-state index contributed by atoms with van der Waals surface area (Å²) in [7, 11) is 2.00. The fraction of sp³-hybridized carbons (Fsp3) is 0.600. The molecule has 1 nitrogen and oxygen atoms in total. The molecular formula is C10H19NS. The van der Waals surface area contributed by atoms with Gasteiger partial charge in [-0.3, -0.25) is 0 Å². The molecule has 2 heteroatoms. The van der Waals surface area contributed by atoms with Crippen LogP contribution in [0.4, 0.5) is 0 Å². The number of allylic oxidation sites excluding steroid dienone is 1. The predicted octanol–water partition coefficient (Wildman–Crippen LogP) is 3.16. The first kappa shape index (κ1) is 11.8. The molecule has 0 rings (SSSR count). The lowest BCUT2D eigenvalue weighted by atomic mass is 10.1. The summed E-state index contributed by atoms with van der Waals surface area (Å²) in [6, 6.07) is 0.484. The van der Waals surface area contributed by atoms with Crippen molar-refractivity contribution in [2.45, 2.75) is 33.2 Å². The molecule has 0 heterocycles. The van der Waals surface area contributed by atoms with E-state index in [9.17, 15) is 0 Å². The molecule has 0 aliphatic carbocycles. The molecule has 1 unspecified atom stereocenters. The van der Waals surface area contributed by atoms with Gasteiger partial charge in [-0.05, 0) is 32.7 Å². The van der Waals surface area contributed by atoms with E-state index < -0.39 is 0 Å². The normalized spacial score (nSPS) is 12.3. The van der Waals surface area contributed by atoms with Gasteiger partial charge in [-0.2, -0.15) is 0 Å². The molecule has 0 aliphatic heterocycles. The van der Waals surface area contributed by atoms with Crippen molar-refractivity contribution >= 4 is 11.8 Å². The molecule has 12 heavy (non-hydrogen) atoms. The first-order valence-corrected chi connectivity index (χ1v) is 5.17. The van der Waals surface area contributed by atoms with Gasteiger partial charge in [0.25, 0.3) is 0 Å². The molecule has 0 bridgehead atoms. The van der Waals surface area contributed by atoms with Crippen LogP contribution in [-0.4, -0.2) is 13.1 Å². The van der Waals surface area contributed by atoms with Gasteiger partial charge in [0.1, 0.15) is 0 Å². The van der Waals surface area contributed by atoms with Crippen LogP contribution in [0.3, 0.4) is 0 Å². The van der Waals surface area contributed by atoms with E-state index in [1.807, 2.05) is 12.5 Å². The Labute approximate surface area is 80.3 Å². The Balaban J connectivity index is 4.48. The van der Waals surface area contributed by atoms with Gasteiger partial charge >= 0.3 is 0 Å². The molecule has 0 spiro atoms. The molecule has 0 saturated heterocycles. The van der Waals surface area contributed by atoms with Crippen LogP contribution in [0.2, 0.25) is 0 Å². The second-order valence-corrected chi connectivity index (χ2v) is 3.91. The molecule has 0 aromatic rings. The van der Waals surface area contributed by atoms with E-state index in [-0.39, 0.29) is 0 Å². The lowest BCUT2D eigenvalue weighted by Gasteiger charge is -2.18. The van der Waals surface area contributed by atoms with Gasteiger partial charge in [0, 0.05) is 10.9 Å². The lowest BCUT2D eigenvalue weighted by Crippen LogP contribution is -2.25. The summed E-state index contributed by atoms with van der Waals surface area (Å²) in [5, 5.41) is 5.18. The van der Waals surface area contributed by atoms with Crippen LogP contribution in [-0.2, 0) is 0 Å². The fourth-order valence-electron chi connectivity index (χ4n) is 1.16. The van der Waals surface area contributed by atoms with Gasteiger partial charge in [0.2, 0.25) is 0 Å². The van der Waals surface area contributed by atoms with Crippen molar-refractivity contribution < 1.29 is 0 Å². The van der Waals surface area contributed by atoms with Gasteiger partial charge in [-0.15, -0.1) is 11.8 Å². The van der Waals surface area contributed by atoms with E-state index in [1.54, 1.807) is 11.8 Å². The zero-order chi connectivity index (χ0) is 9.56. The van der Waals surface area contributed by atoms with Crippen molar-refractivity contribution in [2.75, 3.05) is 7.05 Å². The highest BCUT2D eigenvalue weighted by atomic mass is 32.2. The number of rotatable bonds is 5. The second kappa shape index (κ2) is 6.32. The SMILES string of the molecule is C=CSC(=C(C)C)C(CC)NC. The number of nitrogens with one attached hydrogen (secondary N) is 1. The van der Waals surface area contributed by atoms with E-state index in [1.165, 1.54) is 10.5 Å². The highest BCUT2D eigenvalue weighted by Gasteiger charge is 2.10. The van der Waals surface area contributed by atoms with Crippen LogP contribution in [0.5, 0.6) is 0 Å². The van der Waals surface area contributed by atoms with E-state index >= 15 is 0 Å².